The van der Waals surface area contributed by atoms with Gasteiger partial charge < -0.3 is 14.2 Å². The van der Waals surface area contributed by atoms with E-state index in [0.717, 1.165) is 45.5 Å². The number of unbranched alkanes of at least 4 members (excludes halogenated alkanes) is 12. The lowest BCUT2D eigenvalue weighted by molar-refractivity contribution is -0.382. The topological polar surface area (TPSA) is 27.7 Å². The average Bonchev–Trinajstić information content (AvgIpc) is 2.69. The van der Waals surface area contributed by atoms with Gasteiger partial charge in [-0.3, -0.25) is 0 Å². The zero-order valence-corrected chi connectivity index (χ0v) is 19.2. The fraction of sp³-hybridized carbons (Fsp3) is 1.00. The van der Waals surface area contributed by atoms with Gasteiger partial charge >= 0.3 is 0 Å². The summed E-state index contributed by atoms with van der Waals surface area (Å²) >= 11 is 0. The van der Waals surface area contributed by atoms with E-state index < -0.39 is 5.97 Å². The van der Waals surface area contributed by atoms with Gasteiger partial charge in [0.05, 0.1) is 19.8 Å². The largest absolute Gasteiger partial charge is 0.327 e. The third kappa shape index (κ3) is 16.5. The zero-order valence-electron chi connectivity index (χ0n) is 19.2. The fourth-order valence-electron chi connectivity index (χ4n) is 3.23. The highest BCUT2D eigenvalue weighted by atomic mass is 16.9. The molecule has 0 heterocycles. The van der Waals surface area contributed by atoms with Crippen molar-refractivity contribution in [3.05, 3.63) is 0 Å². The molecule has 0 radical (unpaired) electrons. The van der Waals surface area contributed by atoms with Crippen molar-refractivity contribution in [2.75, 3.05) is 19.8 Å². The Morgan fingerprint density at radius 2 is 0.704 bits per heavy atom. The molecule has 3 nitrogen and oxygen atoms in total. The van der Waals surface area contributed by atoms with E-state index in [2.05, 4.69) is 27.7 Å². The molecule has 0 amide bonds. The summed E-state index contributed by atoms with van der Waals surface area (Å²) in [5, 5.41) is 0. The zero-order chi connectivity index (χ0) is 20.1. The second-order valence-electron chi connectivity index (χ2n) is 7.82. The quantitative estimate of drug-likeness (QED) is 0.139. The molecule has 0 saturated carbocycles. The van der Waals surface area contributed by atoms with Gasteiger partial charge in [0, 0.05) is 6.42 Å². The van der Waals surface area contributed by atoms with Crippen molar-refractivity contribution in [1.29, 1.82) is 0 Å². The molecule has 0 aliphatic heterocycles. The molecule has 3 heteroatoms. The highest BCUT2D eigenvalue weighted by Crippen LogP contribution is 2.23. The molecule has 0 aliphatic rings. The predicted octanol–water partition coefficient (Wildman–Crippen LogP) is 8.01. The van der Waals surface area contributed by atoms with Gasteiger partial charge in [-0.1, -0.05) is 105 Å². The van der Waals surface area contributed by atoms with Gasteiger partial charge in [-0.05, 0) is 19.3 Å². The summed E-state index contributed by atoms with van der Waals surface area (Å²) in [5.74, 6) is -0.819. The van der Waals surface area contributed by atoms with E-state index in [1.807, 2.05) is 0 Å². The third-order valence-corrected chi connectivity index (χ3v) is 5.14. The van der Waals surface area contributed by atoms with E-state index in [9.17, 15) is 0 Å². The molecule has 0 atom stereocenters. The first-order chi connectivity index (χ1) is 13.2. The van der Waals surface area contributed by atoms with Gasteiger partial charge in [0.15, 0.2) is 0 Å². The molecular formula is C24H50O3. The molecule has 0 aliphatic carbocycles. The van der Waals surface area contributed by atoms with Gasteiger partial charge in [0.25, 0.3) is 5.97 Å². The molecule has 0 saturated heterocycles. The summed E-state index contributed by atoms with van der Waals surface area (Å²) in [6, 6.07) is 0. The minimum Gasteiger partial charge on any atom is -0.327 e. The Bertz CT molecular complexity index is 240. The SMILES string of the molecule is CCCCCCCOC(CC)(OCCCCCCC)OCCCCCCC. The number of hydrogen-bond acceptors (Lipinski definition) is 3. The molecule has 27 heavy (non-hydrogen) atoms. The van der Waals surface area contributed by atoms with Crippen LogP contribution in [-0.4, -0.2) is 25.8 Å². The van der Waals surface area contributed by atoms with Gasteiger partial charge in [-0.15, -0.1) is 0 Å². The van der Waals surface area contributed by atoms with Crippen LogP contribution in [0.25, 0.3) is 0 Å². The normalized spacial score (nSPS) is 12.0. The molecule has 0 N–H and O–H groups in total. The first-order valence-electron chi connectivity index (χ1n) is 12.2. The van der Waals surface area contributed by atoms with Crippen molar-refractivity contribution in [1.82, 2.24) is 0 Å². The van der Waals surface area contributed by atoms with Crippen LogP contribution < -0.4 is 0 Å². The van der Waals surface area contributed by atoms with Crippen molar-refractivity contribution in [2.24, 2.45) is 0 Å². The first-order valence-corrected chi connectivity index (χ1v) is 12.2. The van der Waals surface area contributed by atoms with Gasteiger partial charge in [0.2, 0.25) is 0 Å². The summed E-state index contributed by atoms with van der Waals surface area (Å²) in [6.45, 7) is 11.1. The Labute approximate surface area is 170 Å². The molecule has 164 valence electrons. The lowest BCUT2D eigenvalue weighted by Crippen LogP contribution is -2.39. The summed E-state index contributed by atoms with van der Waals surface area (Å²) < 4.78 is 18.5. The lowest BCUT2D eigenvalue weighted by atomic mass is 10.1. The Morgan fingerprint density at radius 3 is 0.963 bits per heavy atom. The van der Waals surface area contributed by atoms with Crippen LogP contribution in [0.4, 0.5) is 0 Å². The van der Waals surface area contributed by atoms with Crippen molar-refractivity contribution < 1.29 is 14.2 Å². The Hall–Kier alpha value is -0.120. The van der Waals surface area contributed by atoms with Crippen LogP contribution in [0.15, 0.2) is 0 Å². The summed E-state index contributed by atoms with van der Waals surface area (Å²) in [4.78, 5) is 0. The van der Waals surface area contributed by atoms with Crippen LogP contribution in [0.1, 0.15) is 130 Å². The Kier molecular flexibility index (Phi) is 20.5. The van der Waals surface area contributed by atoms with Crippen molar-refractivity contribution >= 4 is 0 Å². The highest BCUT2D eigenvalue weighted by Gasteiger charge is 2.31. The van der Waals surface area contributed by atoms with Crippen molar-refractivity contribution in [2.45, 2.75) is 136 Å². The van der Waals surface area contributed by atoms with Crippen LogP contribution in [0, 0.1) is 0 Å². The van der Waals surface area contributed by atoms with Gasteiger partial charge in [-0.2, -0.15) is 0 Å². The van der Waals surface area contributed by atoms with E-state index in [4.69, 9.17) is 14.2 Å². The maximum Gasteiger partial charge on any atom is 0.282 e. The van der Waals surface area contributed by atoms with Crippen molar-refractivity contribution in [3.8, 4) is 0 Å². The second kappa shape index (κ2) is 20.6. The fourth-order valence-corrected chi connectivity index (χ4v) is 3.23. The highest BCUT2D eigenvalue weighted by molar-refractivity contribution is 4.57. The minimum atomic E-state index is -0.819. The smallest absolute Gasteiger partial charge is 0.282 e. The molecule has 0 unspecified atom stereocenters. The maximum atomic E-state index is 6.17. The molecular weight excluding hydrogens is 336 g/mol. The van der Waals surface area contributed by atoms with Crippen LogP contribution in [0.3, 0.4) is 0 Å². The van der Waals surface area contributed by atoms with Crippen LogP contribution in [0.5, 0.6) is 0 Å². The van der Waals surface area contributed by atoms with E-state index in [0.29, 0.717) is 0 Å². The Morgan fingerprint density at radius 1 is 0.407 bits per heavy atom. The molecule has 0 bridgehead atoms. The van der Waals surface area contributed by atoms with E-state index in [-0.39, 0.29) is 0 Å². The van der Waals surface area contributed by atoms with Crippen LogP contribution >= 0.6 is 0 Å². The Balaban J connectivity index is 4.23. The van der Waals surface area contributed by atoms with Crippen LogP contribution in [-0.2, 0) is 14.2 Å². The van der Waals surface area contributed by atoms with Gasteiger partial charge in [0.1, 0.15) is 0 Å². The monoisotopic (exact) mass is 386 g/mol. The first kappa shape index (κ1) is 26.9. The predicted molar refractivity (Wildman–Crippen MR) is 117 cm³/mol. The summed E-state index contributed by atoms with van der Waals surface area (Å²) in [7, 11) is 0. The van der Waals surface area contributed by atoms with Crippen LogP contribution in [0.2, 0.25) is 0 Å². The van der Waals surface area contributed by atoms with Gasteiger partial charge in [-0.25, -0.2) is 0 Å². The molecule has 0 spiro atoms. The third-order valence-electron chi connectivity index (χ3n) is 5.14. The minimum absolute atomic E-state index is 0.739. The number of ether oxygens (including phenoxy) is 3. The standard InChI is InChI=1S/C24H50O3/c1-5-9-12-15-18-21-25-24(8-4,26-22-19-16-13-10-6-2)27-23-20-17-14-11-7-3/h5-23H2,1-4H3. The number of rotatable bonds is 22. The molecule has 0 aromatic rings. The van der Waals surface area contributed by atoms with E-state index >= 15 is 0 Å². The maximum absolute atomic E-state index is 6.17. The second-order valence-corrected chi connectivity index (χ2v) is 7.82. The average molecular weight is 387 g/mol. The molecule has 0 aromatic carbocycles. The number of hydrogen-bond donors (Lipinski definition) is 0. The molecule has 0 aromatic heterocycles. The van der Waals surface area contributed by atoms with Crippen molar-refractivity contribution in [3.63, 3.8) is 0 Å². The summed E-state index contributed by atoms with van der Waals surface area (Å²) in [6.07, 6.45) is 19.5. The summed E-state index contributed by atoms with van der Waals surface area (Å²) in [5.41, 5.74) is 0. The molecule has 0 rings (SSSR count). The lowest BCUT2D eigenvalue weighted by Gasteiger charge is -2.32. The molecule has 0 fully saturated rings. The van der Waals surface area contributed by atoms with E-state index in [1.54, 1.807) is 0 Å². The van der Waals surface area contributed by atoms with E-state index in [1.165, 1.54) is 77.0 Å².